The highest BCUT2D eigenvalue weighted by atomic mass is 32.2. The van der Waals surface area contributed by atoms with Crippen LogP contribution in [-0.2, 0) is 10.0 Å². The highest BCUT2D eigenvalue weighted by Gasteiger charge is 2.30. The molecule has 0 radical (unpaired) electrons. The molecule has 174 valence electrons. The van der Waals surface area contributed by atoms with Crippen molar-refractivity contribution >= 4 is 26.6 Å². The number of para-hydroxylation sites is 1. The summed E-state index contributed by atoms with van der Waals surface area (Å²) in [5.41, 5.74) is 1.52. The third kappa shape index (κ3) is 4.09. The Bertz CT molecular complexity index is 1550. The van der Waals surface area contributed by atoms with Gasteiger partial charge >= 0.3 is 0 Å². The van der Waals surface area contributed by atoms with Gasteiger partial charge in [0.2, 0.25) is 10.0 Å². The van der Waals surface area contributed by atoms with Crippen molar-refractivity contribution in [3.63, 3.8) is 0 Å². The van der Waals surface area contributed by atoms with E-state index in [0.717, 1.165) is 22.0 Å². The first-order valence-electron chi connectivity index (χ1n) is 10.4. The fourth-order valence-corrected chi connectivity index (χ4v) is 4.97. The molecule has 4 aromatic rings. The fourth-order valence-electron chi connectivity index (χ4n) is 3.65. The maximum atomic E-state index is 13.5. The normalized spacial score (nSPS) is 12.7. The van der Waals surface area contributed by atoms with E-state index in [1.54, 1.807) is 43.3 Å². The van der Waals surface area contributed by atoms with Crippen LogP contribution >= 0.6 is 0 Å². The topological polar surface area (TPSA) is 115 Å². The average Bonchev–Trinajstić information content (AvgIpc) is 2.84. The molecule has 0 amide bonds. The van der Waals surface area contributed by atoms with Crippen LogP contribution in [0.1, 0.15) is 24.4 Å². The predicted molar refractivity (Wildman–Crippen MR) is 129 cm³/mol. The van der Waals surface area contributed by atoms with Gasteiger partial charge in [-0.15, -0.1) is 0 Å². The molecular weight excluding hydrogens is 456 g/mol. The Morgan fingerprint density at radius 2 is 1.62 bits per heavy atom. The van der Waals surface area contributed by atoms with Gasteiger partial charge in [-0.05, 0) is 50.2 Å². The number of aromatic nitrogens is 2. The van der Waals surface area contributed by atoms with E-state index < -0.39 is 21.0 Å². The molecule has 0 aliphatic carbocycles. The summed E-state index contributed by atoms with van der Waals surface area (Å²) in [6.07, 6.45) is 0. The number of benzene rings is 3. The second kappa shape index (κ2) is 8.81. The summed E-state index contributed by atoms with van der Waals surface area (Å²) in [6.45, 7) is 3.57. The summed E-state index contributed by atoms with van der Waals surface area (Å²) < 4.78 is 29.2. The Hall–Kier alpha value is -3.89. The van der Waals surface area contributed by atoms with Crippen LogP contribution in [0.4, 0.5) is 5.69 Å². The maximum Gasteiger partial charge on any atom is 0.269 e. The molecule has 0 aliphatic rings. The first-order valence-corrected chi connectivity index (χ1v) is 11.9. The van der Waals surface area contributed by atoms with Gasteiger partial charge in [-0.3, -0.25) is 19.5 Å². The lowest BCUT2D eigenvalue weighted by molar-refractivity contribution is -0.384. The number of fused-ring (bicyclic) bond motifs is 1. The van der Waals surface area contributed by atoms with Gasteiger partial charge < -0.3 is 0 Å². The Morgan fingerprint density at radius 1 is 1.00 bits per heavy atom. The van der Waals surface area contributed by atoms with E-state index in [0.29, 0.717) is 16.6 Å². The maximum absolute atomic E-state index is 13.5. The second-order valence-electron chi connectivity index (χ2n) is 7.91. The van der Waals surface area contributed by atoms with Gasteiger partial charge in [-0.2, -0.15) is 4.31 Å². The molecule has 4 rings (SSSR count). The minimum atomic E-state index is -4.05. The zero-order valence-electron chi connectivity index (χ0n) is 18.7. The molecule has 1 atom stereocenters. The van der Waals surface area contributed by atoms with Crippen LogP contribution in [0.25, 0.3) is 16.6 Å². The van der Waals surface area contributed by atoms with E-state index in [2.05, 4.69) is 4.98 Å². The molecule has 0 N–H and O–H groups in total. The molecule has 10 heteroatoms. The first kappa shape index (κ1) is 23.3. The van der Waals surface area contributed by atoms with Crippen LogP contribution in [0.15, 0.2) is 82.5 Å². The minimum Gasteiger partial charge on any atom is -0.268 e. The van der Waals surface area contributed by atoms with Crippen molar-refractivity contribution in [2.75, 3.05) is 7.05 Å². The lowest BCUT2D eigenvalue weighted by Crippen LogP contribution is -2.34. The average molecular weight is 479 g/mol. The van der Waals surface area contributed by atoms with Crippen molar-refractivity contribution in [2.24, 2.45) is 0 Å². The van der Waals surface area contributed by atoms with Crippen molar-refractivity contribution in [3.05, 3.63) is 105 Å². The monoisotopic (exact) mass is 478 g/mol. The molecule has 0 spiro atoms. The minimum absolute atomic E-state index is 0.0996. The predicted octanol–water partition coefficient (Wildman–Crippen LogP) is 3.98. The van der Waals surface area contributed by atoms with Crippen molar-refractivity contribution in [3.8, 4) is 5.69 Å². The van der Waals surface area contributed by atoms with Gasteiger partial charge in [0.15, 0.2) is 0 Å². The number of nitro groups is 1. The molecule has 3 aromatic carbocycles. The number of nitro benzene ring substituents is 1. The zero-order chi connectivity index (χ0) is 24.6. The lowest BCUT2D eigenvalue weighted by Gasteiger charge is -2.26. The van der Waals surface area contributed by atoms with Crippen LogP contribution in [0.5, 0.6) is 0 Å². The summed E-state index contributed by atoms with van der Waals surface area (Å²) in [5, 5.41) is 11.3. The number of hydrogen-bond acceptors (Lipinski definition) is 6. The lowest BCUT2D eigenvalue weighted by atomic mass is 10.2. The molecule has 1 unspecified atom stereocenters. The molecule has 34 heavy (non-hydrogen) atoms. The number of non-ortho nitro benzene ring substituents is 1. The third-order valence-corrected chi connectivity index (χ3v) is 7.68. The number of hydrogen-bond donors (Lipinski definition) is 0. The molecule has 1 heterocycles. The Kier molecular flexibility index (Phi) is 6.03. The third-order valence-electron chi connectivity index (χ3n) is 5.74. The number of nitrogens with zero attached hydrogens (tertiary/aromatic N) is 4. The summed E-state index contributed by atoms with van der Waals surface area (Å²) in [5.74, 6) is 0.250. The van der Waals surface area contributed by atoms with E-state index >= 15 is 0 Å². The van der Waals surface area contributed by atoms with Crippen LogP contribution in [0.3, 0.4) is 0 Å². The molecule has 0 aliphatic heterocycles. The van der Waals surface area contributed by atoms with E-state index in [4.69, 9.17) is 0 Å². The van der Waals surface area contributed by atoms with Crippen molar-refractivity contribution in [1.29, 1.82) is 0 Å². The van der Waals surface area contributed by atoms with Gasteiger partial charge in [-0.1, -0.05) is 29.8 Å². The zero-order valence-corrected chi connectivity index (χ0v) is 19.6. The van der Waals surface area contributed by atoms with Gasteiger partial charge in [0.05, 0.1) is 32.5 Å². The van der Waals surface area contributed by atoms with Crippen molar-refractivity contribution < 1.29 is 13.3 Å². The molecular formula is C24H22N4O5S. The van der Waals surface area contributed by atoms with Crippen LogP contribution in [0, 0.1) is 17.0 Å². The highest BCUT2D eigenvalue weighted by molar-refractivity contribution is 7.89. The summed E-state index contributed by atoms with van der Waals surface area (Å²) in [7, 11) is -2.65. The van der Waals surface area contributed by atoms with Gasteiger partial charge in [-0.25, -0.2) is 13.4 Å². The van der Waals surface area contributed by atoms with Crippen LogP contribution in [0.2, 0.25) is 0 Å². The number of aryl methyl sites for hydroxylation is 1. The molecule has 1 aromatic heterocycles. The van der Waals surface area contributed by atoms with Gasteiger partial charge in [0, 0.05) is 19.2 Å². The molecule has 0 bridgehead atoms. The van der Waals surface area contributed by atoms with Gasteiger partial charge in [0.1, 0.15) is 5.82 Å². The van der Waals surface area contributed by atoms with Crippen LogP contribution in [-0.4, -0.2) is 34.2 Å². The summed E-state index contributed by atoms with van der Waals surface area (Å²) in [4.78, 5) is 28.4. The fraction of sp³-hybridized carbons (Fsp3) is 0.167. The summed E-state index contributed by atoms with van der Waals surface area (Å²) in [6, 6.07) is 18.0. The Morgan fingerprint density at radius 3 is 2.24 bits per heavy atom. The quantitative estimate of drug-likeness (QED) is 0.306. The smallest absolute Gasteiger partial charge is 0.268 e. The van der Waals surface area contributed by atoms with E-state index in [9.17, 15) is 23.3 Å². The van der Waals surface area contributed by atoms with Crippen LogP contribution < -0.4 is 5.56 Å². The summed E-state index contributed by atoms with van der Waals surface area (Å²) >= 11 is 0. The molecule has 0 fully saturated rings. The van der Waals surface area contributed by atoms with E-state index in [-0.39, 0.29) is 22.0 Å². The standard InChI is InChI=1S/C24H22N4O5S/c1-16-8-10-18(11-9-16)27-23(25-22-7-5-4-6-21(22)24(27)29)17(2)26(3)34(32,33)20-14-12-19(13-15-20)28(30)31/h4-15,17H,1-3H3. The molecule has 0 saturated carbocycles. The molecule has 9 nitrogen and oxygen atoms in total. The SMILES string of the molecule is Cc1ccc(-n2c(C(C)N(C)S(=O)(=O)c3ccc([N+](=O)[O-])cc3)nc3ccccc3c2=O)cc1. The largest absolute Gasteiger partial charge is 0.269 e. The Balaban J connectivity index is 1.86. The Labute approximate surface area is 196 Å². The van der Waals surface area contributed by atoms with Gasteiger partial charge in [0.25, 0.3) is 11.2 Å². The second-order valence-corrected chi connectivity index (χ2v) is 9.91. The molecule has 0 saturated heterocycles. The van der Waals surface area contributed by atoms with E-state index in [1.807, 2.05) is 19.1 Å². The van der Waals surface area contributed by atoms with E-state index in [1.165, 1.54) is 23.7 Å². The van der Waals surface area contributed by atoms with Crippen molar-refractivity contribution in [1.82, 2.24) is 13.9 Å². The number of rotatable bonds is 6. The highest BCUT2D eigenvalue weighted by Crippen LogP contribution is 2.27. The first-order chi connectivity index (χ1) is 16.1. The number of sulfonamides is 1. The van der Waals surface area contributed by atoms with Crippen molar-refractivity contribution in [2.45, 2.75) is 24.8 Å².